The quantitative estimate of drug-likeness (QED) is 0.652. The summed E-state index contributed by atoms with van der Waals surface area (Å²) in [4.78, 5) is 43.2. The lowest BCUT2D eigenvalue weighted by Crippen LogP contribution is -2.62. The Morgan fingerprint density at radius 3 is 2.63 bits per heavy atom. The van der Waals surface area contributed by atoms with Crippen molar-refractivity contribution in [3.05, 3.63) is 63.1 Å². The molecule has 1 saturated heterocycles. The molecule has 3 heterocycles. The lowest BCUT2D eigenvalue weighted by atomic mass is 9.98. The first-order valence-corrected chi connectivity index (χ1v) is 11.8. The molecule has 0 radical (unpaired) electrons. The molecular formula is C25H30F2N4O4. The molecule has 188 valence electrons. The summed E-state index contributed by atoms with van der Waals surface area (Å²) < 4.78 is 28.6. The van der Waals surface area contributed by atoms with E-state index < -0.39 is 40.3 Å². The van der Waals surface area contributed by atoms with Gasteiger partial charge < -0.3 is 19.9 Å². The zero-order chi connectivity index (χ0) is 25.7. The van der Waals surface area contributed by atoms with Gasteiger partial charge in [-0.25, -0.2) is 8.78 Å². The number of rotatable bonds is 6. The van der Waals surface area contributed by atoms with Gasteiger partial charge in [0.1, 0.15) is 22.9 Å². The number of aromatic nitrogens is 1. The van der Waals surface area contributed by atoms with Crippen molar-refractivity contribution in [2.24, 2.45) is 5.92 Å². The molecule has 1 aromatic heterocycles. The van der Waals surface area contributed by atoms with Crippen LogP contribution in [0.5, 0.6) is 5.75 Å². The Bertz CT molecular complexity index is 1240. The predicted molar refractivity (Wildman–Crippen MR) is 125 cm³/mol. The third-order valence-electron chi connectivity index (χ3n) is 6.97. The third kappa shape index (κ3) is 4.09. The minimum atomic E-state index is -0.975. The van der Waals surface area contributed by atoms with Gasteiger partial charge in [-0.15, -0.1) is 0 Å². The summed E-state index contributed by atoms with van der Waals surface area (Å²) in [6, 6.07) is 3.05. The van der Waals surface area contributed by atoms with Crippen molar-refractivity contribution < 1.29 is 23.5 Å². The topological polar surface area (TPSA) is 94.9 Å². The maximum absolute atomic E-state index is 13.9. The van der Waals surface area contributed by atoms with E-state index in [1.54, 1.807) is 4.90 Å². The van der Waals surface area contributed by atoms with Crippen LogP contribution in [0.2, 0.25) is 0 Å². The third-order valence-corrected chi connectivity index (χ3v) is 6.97. The number of carbonyl (C=O) groups is 2. The Morgan fingerprint density at radius 2 is 2.00 bits per heavy atom. The van der Waals surface area contributed by atoms with E-state index in [1.165, 1.54) is 16.8 Å². The van der Waals surface area contributed by atoms with Gasteiger partial charge in [0.15, 0.2) is 11.4 Å². The van der Waals surface area contributed by atoms with Crippen molar-refractivity contribution in [2.75, 3.05) is 13.1 Å². The molecule has 0 bridgehead atoms. The summed E-state index contributed by atoms with van der Waals surface area (Å²) >= 11 is 0. The Labute approximate surface area is 202 Å². The molecule has 35 heavy (non-hydrogen) atoms. The molecule has 1 fully saturated rings. The largest absolute Gasteiger partial charge is 0.503 e. The van der Waals surface area contributed by atoms with Gasteiger partial charge in [-0.1, -0.05) is 26.8 Å². The van der Waals surface area contributed by atoms with E-state index in [2.05, 4.69) is 24.1 Å². The molecule has 0 aliphatic carbocycles. The lowest BCUT2D eigenvalue weighted by Gasteiger charge is -2.48. The highest BCUT2D eigenvalue weighted by Gasteiger charge is 2.55. The summed E-state index contributed by atoms with van der Waals surface area (Å²) in [6.07, 6.45) is 1.91. The van der Waals surface area contributed by atoms with Crippen molar-refractivity contribution >= 4 is 11.8 Å². The van der Waals surface area contributed by atoms with E-state index in [1.807, 2.05) is 13.8 Å². The zero-order valence-electron chi connectivity index (χ0n) is 20.3. The Balaban J connectivity index is 1.69. The smallest absolute Gasteiger partial charge is 0.276 e. The first-order valence-electron chi connectivity index (χ1n) is 11.8. The van der Waals surface area contributed by atoms with Crippen LogP contribution in [0.3, 0.4) is 0 Å². The number of hydrogen-bond acceptors (Lipinski definition) is 5. The molecule has 1 aromatic carbocycles. The molecule has 2 atom stereocenters. The fourth-order valence-electron chi connectivity index (χ4n) is 5.29. The van der Waals surface area contributed by atoms with Crippen molar-refractivity contribution in [2.45, 2.75) is 58.9 Å². The second-order valence-corrected chi connectivity index (χ2v) is 9.76. The second-order valence-electron chi connectivity index (χ2n) is 9.76. The standard InChI is InChI=1S/C25H30F2N4O4/c1-5-25-13-29-12-18(23(34)28-9-16-6-7-17(26)8-19(16)27)21(32)22(33)20(29)24(35)31(25)11-15(4)30(25)10-14(2)3/h6-8,12,14-15,33H,5,9-11,13H2,1-4H3,(H,28,34)/t15-,25?/m0/s1. The van der Waals surface area contributed by atoms with Crippen LogP contribution in [0.15, 0.2) is 29.2 Å². The minimum absolute atomic E-state index is 0.0436. The molecule has 10 heteroatoms. The Kier molecular flexibility index (Phi) is 6.44. The summed E-state index contributed by atoms with van der Waals surface area (Å²) in [5, 5.41) is 13.1. The number of nitrogens with zero attached hydrogens (tertiary/aromatic N) is 3. The second kappa shape index (κ2) is 9.07. The number of carbonyl (C=O) groups excluding carboxylic acids is 2. The highest BCUT2D eigenvalue weighted by Crippen LogP contribution is 2.41. The van der Waals surface area contributed by atoms with Crippen molar-refractivity contribution in [1.29, 1.82) is 0 Å². The Hall–Kier alpha value is -3.27. The van der Waals surface area contributed by atoms with Crippen LogP contribution in [0.4, 0.5) is 8.78 Å². The molecule has 0 spiro atoms. The van der Waals surface area contributed by atoms with E-state index in [0.717, 1.165) is 12.6 Å². The van der Waals surface area contributed by atoms with Gasteiger partial charge in [0.05, 0.1) is 6.54 Å². The van der Waals surface area contributed by atoms with E-state index in [4.69, 9.17) is 0 Å². The molecule has 4 rings (SSSR count). The molecular weight excluding hydrogens is 458 g/mol. The number of amides is 2. The maximum atomic E-state index is 13.9. The molecule has 2 aromatic rings. The number of halogens is 2. The number of nitrogens with one attached hydrogen (secondary N) is 1. The Morgan fingerprint density at radius 1 is 1.29 bits per heavy atom. The number of fused-ring (bicyclic) bond motifs is 2. The van der Waals surface area contributed by atoms with E-state index in [0.29, 0.717) is 24.9 Å². The average molecular weight is 489 g/mol. The maximum Gasteiger partial charge on any atom is 0.276 e. The van der Waals surface area contributed by atoms with Gasteiger partial charge in [0, 0.05) is 43.5 Å². The zero-order valence-corrected chi connectivity index (χ0v) is 20.3. The minimum Gasteiger partial charge on any atom is -0.503 e. The molecule has 2 N–H and O–H groups in total. The molecule has 2 aliphatic rings. The summed E-state index contributed by atoms with van der Waals surface area (Å²) in [5.74, 6) is -3.28. The van der Waals surface area contributed by atoms with Gasteiger partial charge in [-0.3, -0.25) is 19.3 Å². The van der Waals surface area contributed by atoms with Crippen molar-refractivity contribution in [3.8, 4) is 5.75 Å². The van der Waals surface area contributed by atoms with E-state index in [9.17, 15) is 28.3 Å². The normalized spacial score (nSPS) is 21.9. The van der Waals surface area contributed by atoms with E-state index in [-0.39, 0.29) is 36.0 Å². The summed E-state index contributed by atoms with van der Waals surface area (Å²) in [6.45, 7) is 9.48. The van der Waals surface area contributed by atoms with Crippen LogP contribution < -0.4 is 10.7 Å². The average Bonchev–Trinajstić information content (AvgIpc) is 3.07. The molecule has 2 aliphatic heterocycles. The fourth-order valence-corrected chi connectivity index (χ4v) is 5.29. The molecule has 1 unspecified atom stereocenters. The monoisotopic (exact) mass is 488 g/mol. The van der Waals surface area contributed by atoms with Crippen LogP contribution in [0.1, 0.15) is 60.5 Å². The number of pyridine rings is 1. The molecule has 2 amide bonds. The molecule has 0 saturated carbocycles. The van der Waals surface area contributed by atoms with Crippen LogP contribution in [-0.4, -0.2) is 56.1 Å². The summed E-state index contributed by atoms with van der Waals surface area (Å²) in [7, 11) is 0. The first-order chi connectivity index (χ1) is 16.5. The van der Waals surface area contributed by atoms with Gasteiger partial charge in [0.25, 0.3) is 11.8 Å². The predicted octanol–water partition coefficient (Wildman–Crippen LogP) is 2.68. The van der Waals surface area contributed by atoms with E-state index >= 15 is 0 Å². The van der Waals surface area contributed by atoms with Crippen LogP contribution >= 0.6 is 0 Å². The highest BCUT2D eigenvalue weighted by molar-refractivity contribution is 5.99. The first kappa shape index (κ1) is 24.8. The lowest BCUT2D eigenvalue weighted by molar-refractivity contribution is -0.0231. The molecule has 8 nitrogen and oxygen atoms in total. The van der Waals surface area contributed by atoms with Crippen LogP contribution in [0, 0.1) is 17.6 Å². The van der Waals surface area contributed by atoms with Gasteiger partial charge >= 0.3 is 0 Å². The number of benzene rings is 1. The van der Waals surface area contributed by atoms with Crippen molar-refractivity contribution in [3.63, 3.8) is 0 Å². The number of aromatic hydroxyl groups is 1. The van der Waals surface area contributed by atoms with Crippen molar-refractivity contribution in [1.82, 2.24) is 19.7 Å². The van der Waals surface area contributed by atoms with Gasteiger partial charge in [-0.05, 0) is 25.3 Å². The number of hydrogen-bond donors (Lipinski definition) is 2. The van der Waals surface area contributed by atoms with Crippen LogP contribution in [0.25, 0.3) is 0 Å². The SMILES string of the molecule is CCC12Cn3cc(C(=O)NCc4ccc(F)cc4F)c(=O)c(O)c3C(=O)N1C[C@H](C)N2CC(C)C. The highest BCUT2D eigenvalue weighted by atomic mass is 19.1. The van der Waals surface area contributed by atoms with Gasteiger partial charge in [0.2, 0.25) is 5.43 Å². The van der Waals surface area contributed by atoms with Gasteiger partial charge in [-0.2, -0.15) is 0 Å². The summed E-state index contributed by atoms with van der Waals surface area (Å²) in [5.41, 5.74) is -2.08. The van der Waals surface area contributed by atoms with Crippen LogP contribution in [-0.2, 0) is 13.1 Å². The fraction of sp³-hybridized carbons (Fsp3) is 0.480.